The minimum absolute atomic E-state index is 0.332. The van der Waals surface area contributed by atoms with Crippen molar-refractivity contribution in [1.82, 2.24) is 4.72 Å². The second kappa shape index (κ2) is 5.33. The van der Waals surface area contributed by atoms with Crippen LogP contribution in [0.1, 0.15) is 13.8 Å². The van der Waals surface area contributed by atoms with Crippen LogP contribution in [0.2, 0.25) is 0 Å². The van der Waals surface area contributed by atoms with Gasteiger partial charge in [-0.05, 0) is 26.0 Å². The van der Waals surface area contributed by atoms with Gasteiger partial charge in [0, 0.05) is 6.54 Å². The topological polar surface area (TPSA) is 115 Å². The Labute approximate surface area is 115 Å². The summed E-state index contributed by atoms with van der Waals surface area (Å²) in [7, 11) is -4.28. The lowest BCUT2D eigenvalue weighted by Crippen LogP contribution is -2.42. The number of amides is 1. The lowest BCUT2D eigenvalue weighted by molar-refractivity contribution is -0.125. The van der Waals surface area contributed by atoms with E-state index in [1.165, 1.54) is 13.8 Å². The summed E-state index contributed by atoms with van der Waals surface area (Å²) in [5.74, 6) is -3.16. The average Bonchev–Trinajstić information content (AvgIpc) is 2.33. The summed E-state index contributed by atoms with van der Waals surface area (Å²) >= 11 is 0. The molecule has 0 saturated heterocycles. The van der Waals surface area contributed by atoms with E-state index in [2.05, 4.69) is 0 Å². The van der Waals surface area contributed by atoms with Crippen molar-refractivity contribution in [2.75, 3.05) is 12.3 Å². The Morgan fingerprint density at radius 2 is 1.90 bits per heavy atom. The number of hydrogen-bond donors (Lipinski definition) is 3. The number of hydrogen-bond acceptors (Lipinski definition) is 4. The molecule has 0 aromatic heterocycles. The molecule has 6 nitrogen and oxygen atoms in total. The zero-order chi connectivity index (χ0) is 15.7. The average molecular weight is 307 g/mol. The molecule has 20 heavy (non-hydrogen) atoms. The van der Waals surface area contributed by atoms with Gasteiger partial charge < -0.3 is 11.5 Å². The van der Waals surface area contributed by atoms with Gasteiger partial charge in [-0.2, -0.15) is 0 Å². The molecule has 0 spiro atoms. The van der Waals surface area contributed by atoms with Crippen LogP contribution in [0.5, 0.6) is 0 Å². The Kier molecular flexibility index (Phi) is 4.35. The van der Waals surface area contributed by atoms with E-state index in [1.807, 2.05) is 4.72 Å². The van der Waals surface area contributed by atoms with Crippen LogP contribution < -0.4 is 16.2 Å². The summed E-state index contributed by atoms with van der Waals surface area (Å²) in [6.45, 7) is 2.52. The molecule has 112 valence electrons. The number of carbonyl (C=O) groups excluding carboxylic acids is 1. The molecule has 0 heterocycles. The summed E-state index contributed by atoms with van der Waals surface area (Å²) in [5.41, 5.74) is 8.14. The maximum absolute atomic E-state index is 13.7. The molecule has 1 rings (SSSR count). The summed E-state index contributed by atoms with van der Waals surface area (Å²) in [6, 6.07) is 1.49. The number of benzene rings is 1. The quantitative estimate of drug-likeness (QED) is 0.680. The fourth-order valence-corrected chi connectivity index (χ4v) is 2.50. The first-order valence-corrected chi connectivity index (χ1v) is 7.00. The molecule has 1 aromatic rings. The second-order valence-electron chi connectivity index (χ2n) is 4.85. The van der Waals surface area contributed by atoms with Crippen LogP contribution in [0.15, 0.2) is 17.0 Å². The number of anilines is 1. The van der Waals surface area contributed by atoms with Gasteiger partial charge in [0.05, 0.1) is 5.41 Å². The SMILES string of the molecule is CC(C)(CNS(=O)(=O)c1ccc(F)c(N)c1F)C(N)=O. The van der Waals surface area contributed by atoms with E-state index in [9.17, 15) is 22.0 Å². The van der Waals surface area contributed by atoms with Gasteiger partial charge in [-0.3, -0.25) is 4.79 Å². The number of nitrogens with one attached hydrogen (secondary N) is 1. The highest BCUT2D eigenvalue weighted by Gasteiger charge is 2.29. The smallest absolute Gasteiger partial charge is 0.243 e. The zero-order valence-electron chi connectivity index (χ0n) is 10.9. The molecule has 0 bridgehead atoms. The molecule has 0 atom stereocenters. The van der Waals surface area contributed by atoms with Gasteiger partial charge in [0.2, 0.25) is 15.9 Å². The van der Waals surface area contributed by atoms with Crippen LogP contribution in [0, 0.1) is 17.0 Å². The molecule has 0 aliphatic heterocycles. The standard InChI is InChI=1S/C11H15F2N3O3S/c1-11(2,10(15)17)5-16-20(18,19)7-4-3-6(12)9(14)8(7)13/h3-4,16H,5,14H2,1-2H3,(H2,15,17). The molecule has 0 aliphatic carbocycles. The van der Waals surface area contributed by atoms with Crippen LogP contribution in [0.3, 0.4) is 0 Å². The number of carbonyl (C=O) groups is 1. The maximum Gasteiger partial charge on any atom is 0.243 e. The molecule has 0 saturated carbocycles. The van der Waals surface area contributed by atoms with E-state index < -0.39 is 43.6 Å². The highest BCUT2D eigenvalue weighted by Crippen LogP contribution is 2.23. The maximum atomic E-state index is 13.7. The van der Waals surface area contributed by atoms with E-state index in [1.54, 1.807) is 0 Å². The first-order valence-electron chi connectivity index (χ1n) is 5.52. The van der Waals surface area contributed by atoms with Crippen molar-refractivity contribution in [2.45, 2.75) is 18.7 Å². The van der Waals surface area contributed by atoms with Gasteiger partial charge in [-0.15, -0.1) is 0 Å². The Morgan fingerprint density at radius 1 is 1.35 bits per heavy atom. The van der Waals surface area contributed by atoms with Crippen LogP contribution in [-0.4, -0.2) is 20.9 Å². The summed E-state index contributed by atoms with van der Waals surface area (Å²) in [6.07, 6.45) is 0. The van der Waals surface area contributed by atoms with Gasteiger partial charge in [0.25, 0.3) is 0 Å². The van der Waals surface area contributed by atoms with Gasteiger partial charge in [-0.25, -0.2) is 21.9 Å². The summed E-state index contributed by atoms with van der Waals surface area (Å²) in [5, 5.41) is 0. The first kappa shape index (κ1) is 16.3. The molecule has 5 N–H and O–H groups in total. The van der Waals surface area contributed by atoms with Crippen molar-refractivity contribution >= 4 is 21.6 Å². The fraction of sp³-hybridized carbons (Fsp3) is 0.364. The van der Waals surface area contributed by atoms with Gasteiger partial charge in [0.15, 0.2) is 5.82 Å². The van der Waals surface area contributed by atoms with Gasteiger partial charge in [-0.1, -0.05) is 0 Å². The lowest BCUT2D eigenvalue weighted by Gasteiger charge is -2.20. The van der Waals surface area contributed by atoms with Crippen LogP contribution in [-0.2, 0) is 14.8 Å². The van der Waals surface area contributed by atoms with E-state index in [-0.39, 0.29) is 6.54 Å². The number of rotatable bonds is 5. The number of primary amides is 1. The predicted molar refractivity (Wildman–Crippen MR) is 68.9 cm³/mol. The zero-order valence-corrected chi connectivity index (χ0v) is 11.7. The lowest BCUT2D eigenvalue weighted by atomic mass is 9.93. The third-order valence-electron chi connectivity index (χ3n) is 2.75. The molecular formula is C11H15F2N3O3S. The molecule has 1 aromatic carbocycles. The highest BCUT2D eigenvalue weighted by atomic mass is 32.2. The Hall–Kier alpha value is -1.74. The molecule has 0 unspecified atom stereocenters. The second-order valence-corrected chi connectivity index (χ2v) is 6.58. The third-order valence-corrected chi connectivity index (χ3v) is 4.17. The van der Waals surface area contributed by atoms with Crippen molar-refractivity contribution in [3.8, 4) is 0 Å². The number of nitrogens with two attached hydrogens (primary N) is 2. The van der Waals surface area contributed by atoms with Crippen LogP contribution in [0.4, 0.5) is 14.5 Å². The van der Waals surface area contributed by atoms with Crippen molar-refractivity contribution in [3.63, 3.8) is 0 Å². The normalized spacial score (nSPS) is 12.4. The largest absolute Gasteiger partial charge is 0.394 e. The fourth-order valence-electron chi connectivity index (χ4n) is 1.20. The van der Waals surface area contributed by atoms with Crippen LogP contribution >= 0.6 is 0 Å². The van der Waals surface area contributed by atoms with E-state index in [0.717, 1.165) is 12.1 Å². The monoisotopic (exact) mass is 307 g/mol. The molecule has 1 amide bonds. The summed E-state index contributed by atoms with van der Waals surface area (Å²) in [4.78, 5) is 10.3. The Morgan fingerprint density at radius 3 is 2.40 bits per heavy atom. The third kappa shape index (κ3) is 3.23. The van der Waals surface area contributed by atoms with Crippen molar-refractivity contribution in [3.05, 3.63) is 23.8 Å². The molecule has 0 aliphatic rings. The minimum atomic E-state index is -4.28. The molecule has 0 radical (unpaired) electrons. The minimum Gasteiger partial charge on any atom is -0.394 e. The number of sulfonamides is 1. The molecular weight excluding hydrogens is 292 g/mol. The van der Waals surface area contributed by atoms with Gasteiger partial charge in [0.1, 0.15) is 16.4 Å². The van der Waals surface area contributed by atoms with Gasteiger partial charge >= 0.3 is 0 Å². The Balaban J connectivity index is 3.08. The van der Waals surface area contributed by atoms with E-state index in [0.29, 0.717) is 0 Å². The van der Waals surface area contributed by atoms with Crippen LogP contribution in [0.25, 0.3) is 0 Å². The van der Waals surface area contributed by atoms with E-state index in [4.69, 9.17) is 11.5 Å². The molecule has 0 fully saturated rings. The van der Waals surface area contributed by atoms with Crippen molar-refractivity contribution < 1.29 is 22.0 Å². The van der Waals surface area contributed by atoms with Crippen molar-refractivity contribution in [1.29, 1.82) is 0 Å². The first-order chi connectivity index (χ1) is 8.99. The molecule has 9 heteroatoms. The number of nitrogen functional groups attached to an aromatic ring is 1. The predicted octanol–water partition coefficient (Wildman–Crippen LogP) is 0.337. The number of halogens is 2. The summed E-state index contributed by atoms with van der Waals surface area (Å²) < 4.78 is 52.5. The highest BCUT2D eigenvalue weighted by molar-refractivity contribution is 7.89. The Bertz CT molecular complexity index is 645. The van der Waals surface area contributed by atoms with Crippen molar-refractivity contribution in [2.24, 2.45) is 11.1 Å². The van der Waals surface area contributed by atoms with E-state index >= 15 is 0 Å².